The molecule has 2 aromatic rings. The third kappa shape index (κ3) is 6.69. The molecule has 8 nitrogen and oxygen atoms in total. The molecule has 1 aromatic carbocycles. The summed E-state index contributed by atoms with van der Waals surface area (Å²) in [4.78, 5) is 4.68. The second kappa shape index (κ2) is 10.1. The van der Waals surface area contributed by atoms with Crippen LogP contribution in [0.3, 0.4) is 0 Å². The number of aliphatic imine (C=N–C) groups is 1. The van der Waals surface area contributed by atoms with Gasteiger partial charge in [0.15, 0.2) is 11.7 Å². The Balaban J connectivity index is 1.85. The first-order chi connectivity index (χ1) is 12.9. The zero-order valence-electron chi connectivity index (χ0n) is 15.9. The summed E-state index contributed by atoms with van der Waals surface area (Å²) < 4.78 is 32.2. The number of hydrogen-bond acceptors (Lipinski definition) is 5. The van der Waals surface area contributed by atoms with E-state index in [1.165, 1.54) is 0 Å². The van der Waals surface area contributed by atoms with Crippen LogP contribution < -0.4 is 15.4 Å². The van der Waals surface area contributed by atoms with Gasteiger partial charge >= 0.3 is 0 Å². The summed E-state index contributed by atoms with van der Waals surface area (Å²) >= 11 is 0. The first-order valence-corrected chi connectivity index (χ1v) is 10.4. The predicted molar refractivity (Wildman–Crippen MR) is 105 cm³/mol. The zero-order chi connectivity index (χ0) is 19.7. The third-order valence-electron chi connectivity index (χ3n) is 3.67. The van der Waals surface area contributed by atoms with E-state index in [-0.39, 0.29) is 11.4 Å². The summed E-state index contributed by atoms with van der Waals surface area (Å²) in [6.07, 6.45) is 0. The average molecular weight is 394 g/mol. The molecule has 0 radical (unpaired) electrons. The summed E-state index contributed by atoms with van der Waals surface area (Å²) in [6, 6.07) is 10.2. The Morgan fingerprint density at radius 1 is 1.19 bits per heavy atom. The zero-order valence-corrected chi connectivity index (χ0v) is 16.7. The van der Waals surface area contributed by atoms with E-state index < -0.39 is 10.0 Å². The van der Waals surface area contributed by atoms with Crippen molar-refractivity contribution in [2.45, 2.75) is 38.1 Å². The molecule has 0 aliphatic heterocycles. The van der Waals surface area contributed by atoms with Gasteiger partial charge in [0.05, 0.1) is 10.6 Å². The largest absolute Gasteiger partial charge is 0.359 e. The Bertz CT molecular complexity index is 832. The van der Waals surface area contributed by atoms with Gasteiger partial charge in [0, 0.05) is 25.7 Å². The Hall–Kier alpha value is -2.39. The van der Waals surface area contributed by atoms with E-state index >= 15 is 0 Å². The maximum atomic E-state index is 12.2. The monoisotopic (exact) mass is 393 g/mol. The smallest absolute Gasteiger partial charge is 0.240 e. The maximum Gasteiger partial charge on any atom is 0.240 e. The molecule has 0 saturated carbocycles. The van der Waals surface area contributed by atoms with E-state index in [9.17, 15) is 8.42 Å². The summed E-state index contributed by atoms with van der Waals surface area (Å²) in [5.74, 6) is 1.56. The summed E-state index contributed by atoms with van der Waals surface area (Å²) in [7, 11) is -3.50. The van der Waals surface area contributed by atoms with E-state index in [2.05, 4.69) is 25.5 Å². The van der Waals surface area contributed by atoms with Gasteiger partial charge in [0.1, 0.15) is 6.54 Å². The van der Waals surface area contributed by atoms with Gasteiger partial charge in [-0.2, -0.15) is 0 Å². The van der Waals surface area contributed by atoms with Crippen LogP contribution in [0.25, 0.3) is 0 Å². The lowest BCUT2D eigenvalue weighted by Crippen LogP contribution is -2.41. The maximum absolute atomic E-state index is 12.2. The standard InChI is InChI=1S/C18H27N5O3S/c1-4-19-18(21-13-15-12-17(14(2)3)23-26-15)20-10-11-22-27(24,25)16-8-6-5-7-9-16/h5-9,12,14,22H,4,10-11,13H2,1-3H3,(H2,19,20,21). The summed E-state index contributed by atoms with van der Waals surface area (Å²) in [5, 5.41) is 10.2. The summed E-state index contributed by atoms with van der Waals surface area (Å²) in [6.45, 7) is 7.73. The predicted octanol–water partition coefficient (Wildman–Crippen LogP) is 1.83. The summed E-state index contributed by atoms with van der Waals surface area (Å²) in [5.41, 5.74) is 0.897. The van der Waals surface area contributed by atoms with E-state index in [1.54, 1.807) is 30.3 Å². The van der Waals surface area contributed by atoms with Crippen LogP contribution in [-0.4, -0.2) is 39.2 Å². The van der Waals surface area contributed by atoms with Crippen LogP contribution in [0.2, 0.25) is 0 Å². The molecule has 0 aliphatic rings. The minimum Gasteiger partial charge on any atom is -0.359 e. The van der Waals surface area contributed by atoms with Crippen LogP contribution in [0.1, 0.15) is 38.1 Å². The first-order valence-electron chi connectivity index (χ1n) is 8.94. The lowest BCUT2D eigenvalue weighted by Gasteiger charge is -2.11. The van der Waals surface area contributed by atoms with Gasteiger partial charge in [0.2, 0.25) is 10.0 Å². The molecule has 0 aliphatic carbocycles. The van der Waals surface area contributed by atoms with E-state index in [1.807, 2.05) is 26.8 Å². The number of hydrogen-bond donors (Lipinski definition) is 3. The number of benzene rings is 1. The molecule has 27 heavy (non-hydrogen) atoms. The lowest BCUT2D eigenvalue weighted by atomic mass is 10.1. The second-order valence-electron chi connectivity index (χ2n) is 6.21. The normalized spacial score (nSPS) is 12.4. The van der Waals surface area contributed by atoms with E-state index in [0.717, 1.165) is 5.69 Å². The first kappa shape index (κ1) is 20.9. The van der Waals surface area contributed by atoms with Crippen LogP contribution in [0, 0.1) is 0 Å². The van der Waals surface area contributed by atoms with Gasteiger partial charge in [-0.15, -0.1) is 0 Å². The van der Waals surface area contributed by atoms with Crippen molar-refractivity contribution in [3.63, 3.8) is 0 Å². The number of rotatable bonds is 9. The van der Waals surface area contributed by atoms with Crippen LogP contribution >= 0.6 is 0 Å². The van der Waals surface area contributed by atoms with Crippen LogP contribution in [0.15, 0.2) is 50.8 Å². The molecule has 0 unspecified atom stereocenters. The molecule has 1 aromatic heterocycles. The number of guanidine groups is 1. The van der Waals surface area contributed by atoms with Crippen molar-refractivity contribution in [1.29, 1.82) is 0 Å². The number of nitrogens with zero attached hydrogens (tertiary/aromatic N) is 2. The molecule has 148 valence electrons. The Morgan fingerprint density at radius 3 is 2.56 bits per heavy atom. The fourth-order valence-corrected chi connectivity index (χ4v) is 3.28. The molecule has 0 atom stereocenters. The van der Waals surface area contributed by atoms with Crippen molar-refractivity contribution >= 4 is 16.0 Å². The van der Waals surface area contributed by atoms with Gasteiger partial charge in [0.25, 0.3) is 0 Å². The van der Waals surface area contributed by atoms with Crippen molar-refractivity contribution in [3.8, 4) is 0 Å². The Kier molecular flexibility index (Phi) is 7.81. The minimum absolute atomic E-state index is 0.238. The fourth-order valence-electron chi connectivity index (χ4n) is 2.22. The van der Waals surface area contributed by atoms with Crippen LogP contribution in [0.5, 0.6) is 0 Å². The van der Waals surface area contributed by atoms with Gasteiger partial charge in [-0.05, 0) is 25.0 Å². The quantitative estimate of drug-likeness (QED) is 0.341. The fraction of sp³-hybridized carbons (Fsp3) is 0.444. The second-order valence-corrected chi connectivity index (χ2v) is 7.97. The highest BCUT2D eigenvalue weighted by Crippen LogP contribution is 2.14. The van der Waals surface area contributed by atoms with Crippen LogP contribution in [0.4, 0.5) is 0 Å². The van der Waals surface area contributed by atoms with E-state index in [4.69, 9.17) is 4.52 Å². The Morgan fingerprint density at radius 2 is 1.93 bits per heavy atom. The Labute approximate surface area is 160 Å². The number of nitrogens with one attached hydrogen (secondary N) is 3. The highest BCUT2D eigenvalue weighted by Gasteiger charge is 2.12. The molecular weight excluding hydrogens is 366 g/mol. The SMILES string of the molecule is CCNC(=NCc1cc(C(C)C)no1)NCCNS(=O)(=O)c1ccccc1. The molecule has 0 spiro atoms. The van der Waals surface area contributed by atoms with Crippen molar-refractivity contribution < 1.29 is 12.9 Å². The molecule has 0 fully saturated rings. The van der Waals surface area contributed by atoms with Crippen molar-refractivity contribution in [1.82, 2.24) is 20.5 Å². The number of sulfonamides is 1. The molecule has 3 N–H and O–H groups in total. The van der Waals surface area contributed by atoms with Gasteiger partial charge < -0.3 is 15.2 Å². The highest BCUT2D eigenvalue weighted by molar-refractivity contribution is 7.89. The minimum atomic E-state index is -3.50. The molecule has 0 bridgehead atoms. The molecule has 0 amide bonds. The van der Waals surface area contributed by atoms with Crippen molar-refractivity contribution in [2.75, 3.05) is 19.6 Å². The average Bonchev–Trinajstić information content (AvgIpc) is 3.13. The van der Waals surface area contributed by atoms with Gasteiger partial charge in [-0.3, -0.25) is 0 Å². The molecule has 9 heteroatoms. The molecule has 0 saturated heterocycles. The van der Waals surface area contributed by atoms with Crippen molar-refractivity contribution in [3.05, 3.63) is 47.9 Å². The topological polar surface area (TPSA) is 109 Å². The molecule has 2 rings (SSSR count). The van der Waals surface area contributed by atoms with Gasteiger partial charge in [-0.1, -0.05) is 37.2 Å². The third-order valence-corrected chi connectivity index (χ3v) is 5.15. The van der Waals surface area contributed by atoms with E-state index in [0.29, 0.717) is 37.3 Å². The van der Waals surface area contributed by atoms with Gasteiger partial charge in [-0.25, -0.2) is 18.1 Å². The molecular formula is C18H27N5O3S. The molecule has 1 heterocycles. The van der Waals surface area contributed by atoms with Crippen LogP contribution in [-0.2, 0) is 16.6 Å². The highest BCUT2D eigenvalue weighted by atomic mass is 32.2. The van der Waals surface area contributed by atoms with Crippen molar-refractivity contribution in [2.24, 2.45) is 4.99 Å². The lowest BCUT2D eigenvalue weighted by molar-refractivity contribution is 0.376. The number of aromatic nitrogens is 1.